The smallest absolute Gasteiger partial charge is 0.227 e. The average Bonchev–Trinajstić information content (AvgIpc) is 3.05. The van der Waals surface area contributed by atoms with Gasteiger partial charge in [-0.1, -0.05) is 12.1 Å². The highest BCUT2D eigenvalue weighted by Crippen LogP contribution is 2.33. The highest BCUT2D eigenvalue weighted by atomic mass is 35.5. The van der Waals surface area contributed by atoms with Crippen molar-refractivity contribution in [2.75, 3.05) is 57.3 Å². The molecule has 2 heterocycles. The zero-order chi connectivity index (χ0) is 18.4. The summed E-state index contributed by atoms with van der Waals surface area (Å²) in [4.78, 5) is 28.9. The molecule has 0 bridgehead atoms. The van der Waals surface area contributed by atoms with Crippen LogP contribution in [-0.2, 0) is 9.59 Å². The number of halogens is 1. The Kier molecular flexibility index (Phi) is 8.34. The second-order valence-electron chi connectivity index (χ2n) is 6.69. The number of piperazine rings is 1. The van der Waals surface area contributed by atoms with Crippen molar-refractivity contribution < 1.29 is 14.3 Å². The Bertz CT molecular complexity index is 637. The summed E-state index contributed by atoms with van der Waals surface area (Å²) in [7, 11) is 0. The van der Waals surface area contributed by atoms with Crippen molar-refractivity contribution in [3.8, 4) is 5.75 Å². The third-order valence-electron chi connectivity index (χ3n) is 4.89. The Labute approximate surface area is 166 Å². The van der Waals surface area contributed by atoms with Crippen molar-refractivity contribution in [2.24, 2.45) is 5.92 Å². The van der Waals surface area contributed by atoms with E-state index in [1.54, 1.807) is 4.90 Å². The predicted octanol–water partition coefficient (Wildman–Crippen LogP) is 0.881. The summed E-state index contributed by atoms with van der Waals surface area (Å²) in [5.41, 5.74) is 0.746. The molecule has 0 aromatic heterocycles. The average molecular weight is 397 g/mol. The number of rotatable bonds is 7. The molecular formula is C19H29ClN4O3. The molecule has 2 aliphatic heterocycles. The summed E-state index contributed by atoms with van der Waals surface area (Å²) in [5.74, 6) is 0.313. The van der Waals surface area contributed by atoms with E-state index in [0.717, 1.165) is 38.4 Å². The zero-order valence-corrected chi connectivity index (χ0v) is 16.6. The minimum Gasteiger partial charge on any atom is -0.492 e. The molecule has 1 unspecified atom stereocenters. The third-order valence-corrected chi connectivity index (χ3v) is 4.89. The van der Waals surface area contributed by atoms with Crippen LogP contribution in [0.25, 0.3) is 0 Å². The first-order valence-corrected chi connectivity index (χ1v) is 9.42. The molecule has 3 rings (SSSR count). The molecular weight excluding hydrogens is 368 g/mol. The quantitative estimate of drug-likeness (QED) is 0.715. The molecule has 2 fully saturated rings. The largest absolute Gasteiger partial charge is 0.492 e. The van der Waals surface area contributed by atoms with Gasteiger partial charge in [0.1, 0.15) is 5.75 Å². The maximum Gasteiger partial charge on any atom is 0.227 e. The van der Waals surface area contributed by atoms with E-state index in [0.29, 0.717) is 25.4 Å². The van der Waals surface area contributed by atoms with Gasteiger partial charge in [-0.3, -0.25) is 14.5 Å². The monoisotopic (exact) mass is 396 g/mol. The summed E-state index contributed by atoms with van der Waals surface area (Å²) >= 11 is 0. The second kappa shape index (κ2) is 10.5. The number of nitrogens with zero attached hydrogens (tertiary/aromatic N) is 2. The van der Waals surface area contributed by atoms with Gasteiger partial charge in [-0.15, -0.1) is 12.4 Å². The minimum absolute atomic E-state index is 0. The van der Waals surface area contributed by atoms with Gasteiger partial charge < -0.3 is 20.3 Å². The normalized spacial score (nSPS) is 20.3. The molecule has 1 aromatic rings. The van der Waals surface area contributed by atoms with Gasteiger partial charge in [0.05, 0.1) is 18.2 Å². The molecule has 0 saturated carbocycles. The van der Waals surface area contributed by atoms with Gasteiger partial charge in [0.2, 0.25) is 11.8 Å². The molecule has 2 N–H and O–H groups in total. The molecule has 1 aromatic carbocycles. The van der Waals surface area contributed by atoms with E-state index in [1.807, 2.05) is 31.2 Å². The Morgan fingerprint density at radius 2 is 2.04 bits per heavy atom. The van der Waals surface area contributed by atoms with E-state index in [2.05, 4.69) is 15.5 Å². The minimum atomic E-state index is -0.305. The molecule has 7 nitrogen and oxygen atoms in total. The SMILES string of the molecule is CCOc1ccccc1N1CC(C(=O)NCCN2CCNCC2)CC1=O.Cl. The Morgan fingerprint density at radius 1 is 1.30 bits per heavy atom. The van der Waals surface area contributed by atoms with Gasteiger partial charge in [0.15, 0.2) is 0 Å². The van der Waals surface area contributed by atoms with E-state index >= 15 is 0 Å². The van der Waals surface area contributed by atoms with Crippen LogP contribution in [-0.4, -0.2) is 69.1 Å². The lowest BCUT2D eigenvalue weighted by Crippen LogP contribution is -2.46. The van der Waals surface area contributed by atoms with Crippen molar-refractivity contribution in [1.82, 2.24) is 15.5 Å². The lowest BCUT2D eigenvalue weighted by Gasteiger charge is -2.27. The standard InChI is InChI=1S/C19H28N4O3.ClH/c1-2-26-17-6-4-3-5-16(17)23-14-15(13-18(23)24)19(25)21-9-12-22-10-7-20-8-11-22;/h3-6,15,20H,2,7-14H2,1H3,(H,21,25);1H. The van der Waals surface area contributed by atoms with E-state index in [-0.39, 0.29) is 36.6 Å². The second-order valence-corrected chi connectivity index (χ2v) is 6.69. The zero-order valence-electron chi connectivity index (χ0n) is 15.8. The van der Waals surface area contributed by atoms with Crippen molar-refractivity contribution in [2.45, 2.75) is 13.3 Å². The van der Waals surface area contributed by atoms with Gasteiger partial charge in [-0.05, 0) is 19.1 Å². The van der Waals surface area contributed by atoms with E-state index in [1.165, 1.54) is 0 Å². The van der Waals surface area contributed by atoms with Crippen molar-refractivity contribution >= 4 is 29.9 Å². The van der Waals surface area contributed by atoms with E-state index in [4.69, 9.17) is 4.74 Å². The van der Waals surface area contributed by atoms with Crippen LogP contribution in [0.1, 0.15) is 13.3 Å². The number of amides is 2. The molecule has 2 amide bonds. The summed E-state index contributed by atoms with van der Waals surface area (Å²) in [6, 6.07) is 7.49. The molecule has 1 atom stereocenters. The summed E-state index contributed by atoms with van der Waals surface area (Å²) < 4.78 is 5.62. The summed E-state index contributed by atoms with van der Waals surface area (Å²) in [6.07, 6.45) is 0.250. The van der Waals surface area contributed by atoms with Gasteiger partial charge in [-0.25, -0.2) is 0 Å². The topological polar surface area (TPSA) is 73.9 Å². The van der Waals surface area contributed by atoms with Crippen LogP contribution in [0.5, 0.6) is 5.75 Å². The first-order chi connectivity index (χ1) is 12.7. The van der Waals surface area contributed by atoms with Crippen molar-refractivity contribution in [3.63, 3.8) is 0 Å². The van der Waals surface area contributed by atoms with Crippen LogP contribution >= 0.6 is 12.4 Å². The molecule has 0 spiro atoms. The molecule has 0 aliphatic carbocycles. The summed E-state index contributed by atoms with van der Waals surface area (Å²) in [5, 5.41) is 6.31. The molecule has 150 valence electrons. The highest BCUT2D eigenvalue weighted by molar-refractivity contribution is 6.01. The summed E-state index contributed by atoms with van der Waals surface area (Å²) in [6.45, 7) is 8.36. The Morgan fingerprint density at radius 3 is 2.78 bits per heavy atom. The van der Waals surface area contributed by atoms with Crippen LogP contribution < -0.4 is 20.3 Å². The van der Waals surface area contributed by atoms with Crippen LogP contribution in [0.3, 0.4) is 0 Å². The lowest BCUT2D eigenvalue weighted by molar-refractivity contribution is -0.126. The van der Waals surface area contributed by atoms with Crippen LogP contribution in [0.4, 0.5) is 5.69 Å². The fourth-order valence-corrected chi connectivity index (χ4v) is 3.49. The van der Waals surface area contributed by atoms with Crippen LogP contribution in [0, 0.1) is 5.92 Å². The van der Waals surface area contributed by atoms with Crippen molar-refractivity contribution in [3.05, 3.63) is 24.3 Å². The Balaban J connectivity index is 0.00000261. The van der Waals surface area contributed by atoms with E-state index in [9.17, 15) is 9.59 Å². The maximum atomic E-state index is 12.5. The van der Waals surface area contributed by atoms with Gasteiger partial charge in [0, 0.05) is 52.2 Å². The molecule has 2 saturated heterocycles. The number of nitrogens with one attached hydrogen (secondary N) is 2. The number of para-hydroxylation sites is 2. The highest BCUT2D eigenvalue weighted by Gasteiger charge is 2.36. The maximum absolute atomic E-state index is 12.5. The van der Waals surface area contributed by atoms with Gasteiger partial charge in [-0.2, -0.15) is 0 Å². The van der Waals surface area contributed by atoms with E-state index < -0.39 is 0 Å². The van der Waals surface area contributed by atoms with Crippen LogP contribution in [0.15, 0.2) is 24.3 Å². The number of anilines is 1. The Hall–Kier alpha value is -1.83. The number of carbonyl (C=O) groups excluding carboxylic acids is 2. The van der Waals surface area contributed by atoms with Crippen molar-refractivity contribution in [1.29, 1.82) is 0 Å². The number of hydrogen-bond donors (Lipinski definition) is 2. The first-order valence-electron chi connectivity index (χ1n) is 9.42. The molecule has 0 radical (unpaired) electrons. The number of ether oxygens (including phenoxy) is 1. The molecule has 8 heteroatoms. The first kappa shape index (κ1) is 21.5. The number of carbonyl (C=O) groups is 2. The predicted molar refractivity (Wildman–Crippen MR) is 108 cm³/mol. The van der Waals surface area contributed by atoms with Gasteiger partial charge in [0.25, 0.3) is 0 Å². The fraction of sp³-hybridized carbons (Fsp3) is 0.579. The molecule has 2 aliphatic rings. The van der Waals surface area contributed by atoms with Crippen LogP contribution in [0.2, 0.25) is 0 Å². The molecule has 27 heavy (non-hydrogen) atoms. The fourth-order valence-electron chi connectivity index (χ4n) is 3.49. The third kappa shape index (κ3) is 5.57. The number of hydrogen-bond acceptors (Lipinski definition) is 5. The number of benzene rings is 1. The van der Waals surface area contributed by atoms with Gasteiger partial charge >= 0.3 is 0 Å². The lowest BCUT2D eigenvalue weighted by atomic mass is 10.1.